The molecule has 40 heavy (non-hydrogen) atoms. The van der Waals surface area contributed by atoms with E-state index in [9.17, 15) is 28.9 Å². The molecule has 0 bridgehead atoms. The maximum absolute atomic E-state index is 14.1. The van der Waals surface area contributed by atoms with Crippen LogP contribution >= 0.6 is 22.7 Å². The van der Waals surface area contributed by atoms with Crippen LogP contribution < -0.4 is 10.5 Å². The largest absolute Gasteiger partial charge is 0.378 e. The van der Waals surface area contributed by atoms with E-state index in [4.69, 9.17) is 0 Å². The van der Waals surface area contributed by atoms with E-state index in [-0.39, 0.29) is 27.8 Å². The van der Waals surface area contributed by atoms with Crippen molar-refractivity contribution in [2.45, 2.75) is 0 Å². The van der Waals surface area contributed by atoms with Crippen molar-refractivity contribution in [3.05, 3.63) is 97.7 Å². The molecule has 5 aromatic rings. The van der Waals surface area contributed by atoms with Crippen LogP contribution in [0.15, 0.2) is 64.5 Å². The number of anilines is 1. The number of rotatable bonds is 3. The molecule has 0 amide bonds. The number of halogens is 2. The number of aromatic amines is 1. The van der Waals surface area contributed by atoms with Gasteiger partial charge >= 0.3 is 0 Å². The fourth-order valence-corrected chi connectivity index (χ4v) is 7.13. The summed E-state index contributed by atoms with van der Waals surface area (Å²) in [7, 11) is 3.93. The fraction of sp³-hybridized carbons (Fsp3) is 0.0667. The first-order chi connectivity index (χ1) is 19.2. The second-order valence-corrected chi connectivity index (χ2v) is 11.4. The average molecular weight is 567 g/mol. The molecular weight excluding hydrogens is 550 g/mol. The second kappa shape index (κ2) is 9.38. The molecular formula is C30H16F2N4O2S2. The van der Waals surface area contributed by atoms with Crippen LogP contribution in [0.5, 0.6) is 0 Å². The number of aromatic nitrogens is 1. The van der Waals surface area contributed by atoms with Crippen molar-refractivity contribution in [1.29, 1.82) is 10.5 Å². The summed E-state index contributed by atoms with van der Waals surface area (Å²) in [5.74, 6) is -3.03. The molecule has 194 valence electrons. The Labute approximate surface area is 234 Å². The van der Waals surface area contributed by atoms with Gasteiger partial charge in [-0.3, -0.25) is 9.59 Å². The zero-order valence-corrected chi connectivity index (χ0v) is 22.6. The van der Waals surface area contributed by atoms with Gasteiger partial charge in [-0.2, -0.15) is 10.5 Å². The van der Waals surface area contributed by atoms with Gasteiger partial charge in [-0.05, 0) is 53.6 Å². The SMILES string of the molecule is CN(C)c1ccc(-c2cc3[nH]c(=O)c4cc(/C=C5\C(=O)c6cc(F)c(F)cc6C5=C(C#N)C#N)sc4c3s2)cc1. The van der Waals surface area contributed by atoms with E-state index >= 15 is 0 Å². The van der Waals surface area contributed by atoms with Crippen molar-refractivity contribution >= 4 is 66.1 Å². The van der Waals surface area contributed by atoms with Gasteiger partial charge < -0.3 is 9.88 Å². The van der Waals surface area contributed by atoms with Gasteiger partial charge in [0.25, 0.3) is 5.56 Å². The fourth-order valence-electron chi connectivity index (χ4n) is 4.76. The Morgan fingerprint density at radius 2 is 1.60 bits per heavy atom. The lowest BCUT2D eigenvalue weighted by molar-refractivity contribution is 0.104. The Morgan fingerprint density at radius 3 is 2.25 bits per heavy atom. The Bertz CT molecular complexity index is 2100. The molecule has 3 heterocycles. The van der Waals surface area contributed by atoms with Crippen molar-refractivity contribution in [3.8, 4) is 22.6 Å². The minimum Gasteiger partial charge on any atom is -0.378 e. The van der Waals surface area contributed by atoms with Crippen molar-refractivity contribution in [3.63, 3.8) is 0 Å². The van der Waals surface area contributed by atoms with E-state index in [2.05, 4.69) is 4.98 Å². The molecule has 0 aliphatic heterocycles. The summed E-state index contributed by atoms with van der Waals surface area (Å²) >= 11 is 2.80. The highest BCUT2D eigenvalue weighted by Gasteiger charge is 2.34. The number of carbonyl (C=O) groups excluding carboxylic acids is 1. The number of hydrogen-bond donors (Lipinski definition) is 1. The number of thiophene rings is 2. The van der Waals surface area contributed by atoms with Crippen molar-refractivity contribution in [2.24, 2.45) is 0 Å². The summed E-state index contributed by atoms with van der Waals surface area (Å²) < 4.78 is 29.6. The van der Waals surface area contributed by atoms with Gasteiger partial charge in [0.15, 0.2) is 17.4 Å². The number of nitrogens with one attached hydrogen (secondary N) is 1. The summed E-state index contributed by atoms with van der Waals surface area (Å²) in [6, 6.07) is 16.7. The van der Waals surface area contributed by atoms with Crippen molar-refractivity contribution < 1.29 is 13.6 Å². The van der Waals surface area contributed by atoms with E-state index in [1.807, 2.05) is 49.3 Å². The molecule has 0 radical (unpaired) electrons. The number of benzene rings is 2. The number of ketones is 1. The van der Waals surface area contributed by atoms with Crippen LogP contribution in [0.25, 0.3) is 42.4 Å². The Hall–Kier alpha value is -4.90. The molecule has 0 saturated carbocycles. The van der Waals surface area contributed by atoms with Crippen molar-refractivity contribution in [1.82, 2.24) is 4.98 Å². The maximum Gasteiger partial charge on any atom is 0.257 e. The minimum absolute atomic E-state index is 0.0159. The Balaban J connectivity index is 1.51. The topological polar surface area (TPSA) is 101 Å². The zero-order chi connectivity index (χ0) is 28.3. The normalized spacial score (nSPS) is 13.6. The maximum atomic E-state index is 14.1. The van der Waals surface area contributed by atoms with Gasteiger partial charge in [0.2, 0.25) is 0 Å². The summed E-state index contributed by atoms with van der Waals surface area (Å²) in [6.07, 6.45) is 1.46. The Kier molecular flexibility index (Phi) is 5.95. The number of hydrogen-bond acceptors (Lipinski definition) is 7. The molecule has 6 nitrogen and oxygen atoms in total. The van der Waals surface area contributed by atoms with E-state index in [1.54, 1.807) is 18.2 Å². The minimum atomic E-state index is -1.20. The molecule has 0 spiro atoms. The molecule has 0 atom stereocenters. The van der Waals surface area contributed by atoms with Gasteiger partial charge in [-0.15, -0.1) is 22.7 Å². The van der Waals surface area contributed by atoms with Gasteiger partial charge in [0, 0.05) is 46.2 Å². The van der Waals surface area contributed by atoms with Crippen LogP contribution in [0, 0.1) is 34.3 Å². The summed E-state index contributed by atoms with van der Waals surface area (Å²) in [4.78, 5) is 32.7. The van der Waals surface area contributed by atoms with Gasteiger partial charge in [0.05, 0.1) is 20.3 Å². The van der Waals surface area contributed by atoms with E-state index in [1.165, 1.54) is 28.7 Å². The first-order valence-corrected chi connectivity index (χ1v) is 13.5. The second-order valence-electron chi connectivity index (χ2n) is 9.31. The van der Waals surface area contributed by atoms with Crippen LogP contribution in [0.3, 0.4) is 0 Å². The molecule has 10 heteroatoms. The molecule has 0 fully saturated rings. The van der Waals surface area contributed by atoms with E-state index in [0.717, 1.165) is 37.7 Å². The van der Waals surface area contributed by atoms with Gasteiger partial charge in [-0.1, -0.05) is 12.1 Å². The highest BCUT2D eigenvalue weighted by Crippen LogP contribution is 2.43. The molecule has 0 saturated heterocycles. The lowest BCUT2D eigenvalue weighted by Gasteiger charge is -2.12. The molecule has 6 rings (SSSR count). The third kappa shape index (κ3) is 3.93. The number of nitriles is 2. The third-order valence-electron chi connectivity index (χ3n) is 6.70. The number of fused-ring (bicyclic) bond motifs is 4. The van der Waals surface area contributed by atoms with Gasteiger partial charge in [0.1, 0.15) is 17.7 Å². The summed E-state index contributed by atoms with van der Waals surface area (Å²) in [6.45, 7) is 0. The number of Topliss-reactive ketones (excluding diaryl/α,β-unsaturated/α-hetero) is 1. The zero-order valence-electron chi connectivity index (χ0n) is 20.9. The van der Waals surface area contributed by atoms with Crippen LogP contribution in [0.2, 0.25) is 0 Å². The summed E-state index contributed by atoms with van der Waals surface area (Å²) in [5.41, 5.74) is 1.82. The standard InChI is InChI=1S/C30H16F2N4O2S2/c1-36(2)16-5-3-14(4-6-16)25-11-24-29(40-25)28-21(30(38)35-24)8-17(39-28)7-20-26(15(12-33)13-34)18-9-22(31)23(32)10-19(18)27(20)37/h3-11H,1-2H3,(H,35,38)/b20-7-. The van der Waals surface area contributed by atoms with Crippen molar-refractivity contribution in [2.75, 3.05) is 19.0 Å². The smallest absolute Gasteiger partial charge is 0.257 e. The first-order valence-electron chi connectivity index (χ1n) is 11.9. The molecule has 1 N–H and O–H groups in total. The van der Waals surface area contributed by atoms with Crippen LogP contribution in [0.1, 0.15) is 20.8 Å². The molecule has 3 aromatic heterocycles. The number of allylic oxidation sites excluding steroid dienone is 3. The average Bonchev–Trinajstić information content (AvgIpc) is 3.62. The van der Waals surface area contributed by atoms with Crippen LogP contribution in [0.4, 0.5) is 14.5 Å². The highest BCUT2D eigenvalue weighted by atomic mass is 32.1. The van der Waals surface area contributed by atoms with E-state index < -0.39 is 23.0 Å². The molecule has 2 aromatic carbocycles. The molecule has 0 unspecified atom stereocenters. The third-order valence-corrected chi connectivity index (χ3v) is 9.13. The van der Waals surface area contributed by atoms with Crippen LogP contribution in [-0.2, 0) is 0 Å². The number of H-pyrrole nitrogens is 1. The predicted octanol–water partition coefficient (Wildman–Crippen LogP) is 6.90. The lowest BCUT2D eigenvalue weighted by Crippen LogP contribution is -2.07. The predicted molar refractivity (Wildman–Crippen MR) is 154 cm³/mol. The lowest BCUT2D eigenvalue weighted by atomic mass is 9.99. The van der Waals surface area contributed by atoms with Gasteiger partial charge in [-0.25, -0.2) is 8.78 Å². The van der Waals surface area contributed by atoms with Crippen LogP contribution in [-0.4, -0.2) is 24.9 Å². The molecule has 1 aliphatic rings. The summed E-state index contributed by atoms with van der Waals surface area (Å²) in [5, 5.41) is 19.5. The molecule has 1 aliphatic carbocycles. The Morgan fingerprint density at radius 1 is 0.925 bits per heavy atom. The number of nitrogens with zero attached hydrogens (tertiary/aromatic N) is 3. The highest BCUT2D eigenvalue weighted by molar-refractivity contribution is 7.29. The first kappa shape index (κ1) is 25.4. The number of pyridine rings is 1. The quantitative estimate of drug-likeness (QED) is 0.189. The van der Waals surface area contributed by atoms with E-state index in [0.29, 0.717) is 15.8 Å². The monoisotopic (exact) mass is 566 g/mol. The number of carbonyl (C=O) groups is 1.